The molecule has 4 heteroatoms. The lowest BCUT2D eigenvalue weighted by Crippen LogP contribution is -2.22. The Morgan fingerprint density at radius 3 is 2.91 bits per heavy atom. The highest BCUT2D eigenvalue weighted by molar-refractivity contribution is 6.07. The van der Waals surface area contributed by atoms with Gasteiger partial charge in [0.15, 0.2) is 0 Å². The van der Waals surface area contributed by atoms with E-state index in [1.807, 2.05) is 24.3 Å². The Hall–Kier alpha value is -2.17. The molecule has 0 saturated carbocycles. The van der Waals surface area contributed by atoms with Crippen molar-refractivity contribution in [3.8, 4) is 0 Å². The van der Waals surface area contributed by atoms with Gasteiger partial charge in [-0.05, 0) is 41.3 Å². The van der Waals surface area contributed by atoms with Gasteiger partial charge in [-0.3, -0.25) is 4.90 Å². The summed E-state index contributed by atoms with van der Waals surface area (Å²) < 4.78 is 5.40. The van der Waals surface area contributed by atoms with Crippen molar-refractivity contribution >= 4 is 21.7 Å². The monoisotopic (exact) mass is 309 g/mol. The van der Waals surface area contributed by atoms with Crippen LogP contribution in [0.3, 0.4) is 0 Å². The number of nitrogens with zero attached hydrogens (tertiary/aromatic N) is 1. The number of aliphatic hydroxyl groups excluding tert-OH is 1. The summed E-state index contributed by atoms with van der Waals surface area (Å²) in [6.07, 6.45) is 1.01. The maximum Gasteiger partial charge on any atom is 0.336 e. The predicted octanol–water partition coefficient (Wildman–Crippen LogP) is 2.76. The summed E-state index contributed by atoms with van der Waals surface area (Å²) in [5.41, 5.74) is 1.34. The Balaban J connectivity index is 1.84. The highest BCUT2D eigenvalue weighted by Crippen LogP contribution is 2.29. The second-order valence-electron chi connectivity index (χ2n) is 6.32. The van der Waals surface area contributed by atoms with E-state index in [1.165, 1.54) is 0 Å². The van der Waals surface area contributed by atoms with E-state index in [0.29, 0.717) is 18.0 Å². The first-order valence-electron chi connectivity index (χ1n) is 8.02. The van der Waals surface area contributed by atoms with Crippen molar-refractivity contribution in [2.75, 3.05) is 19.7 Å². The largest absolute Gasteiger partial charge is 0.423 e. The van der Waals surface area contributed by atoms with Gasteiger partial charge >= 0.3 is 5.63 Å². The van der Waals surface area contributed by atoms with Crippen LogP contribution in [0.25, 0.3) is 21.7 Å². The molecule has 2 heterocycles. The molecule has 1 aliphatic heterocycles. The van der Waals surface area contributed by atoms with Gasteiger partial charge in [0.2, 0.25) is 0 Å². The van der Waals surface area contributed by atoms with Crippen molar-refractivity contribution in [2.45, 2.75) is 13.0 Å². The summed E-state index contributed by atoms with van der Waals surface area (Å²) in [7, 11) is 0. The Bertz CT molecular complexity index is 915. The van der Waals surface area contributed by atoms with Gasteiger partial charge in [-0.15, -0.1) is 0 Å². The lowest BCUT2D eigenvalue weighted by molar-refractivity contribution is 0.220. The normalized spacial score (nSPS) is 18.9. The summed E-state index contributed by atoms with van der Waals surface area (Å²) in [6, 6.07) is 13.6. The van der Waals surface area contributed by atoms with Gasteiger partial charge < -0.3 is 9.52 Å². The maximum atomic E-state index is 11.9. The molecule has 0 radical (unpaired) electrons. The maximum absolute atomic E-state index is 11.9. The van der Waals surface area contributed by atoms with Crippen LogP contribution in [0.15, 0.2) is 51.7 Å². The number of hydrogen-bond acceptors (Lipinski definition) is 4. The molecule has 4 nitrogen and oxygen atoms in total. The van der Waals surface area contributed by atoms with Gasteiger partial charge in [0, 0.05) is 31.1 Å². The molecule has 118 valence electrons. The van der Waals surface area contributed by atoms with Gasteiger partial charge in [0.25, 0.3) is 0 Å². The molecule has 1 unspecified atom stereocenters. The molecular formula is C19H19NO3. The zero-order chi connectivity index (χ0) is 15.8. The standard InChI is InChI=1S/C19H19NO3/c21-12-13-7-8-20(10-13)11-15-9-18(22)23-17-6-5-14-3-1-2-4-16(14)19(15)17/h1-6,9,13,21H,7-8,10-12H2. The molecule has 0 aliphatic carbocycles. The molecule has 0 spiro atoms. The van der Waals surface area contributed by atoms with Crippen LogP contribution in [-0.4, -0.2) is 29.7 Å². The zero-order valence-electron chi connectivity index (χ0n) is 12.9. The summed E-state index contributed by atoms with van der Waals surface area (Å²) >= 11 is 0. The second kappa shape index (κ2) is 5.80. The van der Waals surface area contributed by atoms with E-state index >= 15 is 0 Å². The van der Waals surface area contributed by atoms with Crippen molar-refractivity contribution in [1.82, 2.24) is 4.90 Å². The van der Waals surface area contributed by atoms with Gasteiger partial charge in [-0.2, -0.15) is 0 Å². The van der Waals surface area contributed by atoms with Gasteiger partial charge in [-0.1, -0.05) is 30.3 Å². The number of likely N-dealkylation sites (tertiary alicyclic amines) is 1. The highest BCUT2D eigenvalue weighted by atomic mass is 16.4. The molecule has 3 aromatic rings. The molecule has 1 fully saturated rings. The van der Waals surface area contributed by atoms with Crippen molar-refractivity contribution in [2.24, 2.45) is 5.92 Å². The van der Waals surface area contributed by atoms with Crippen LogP contribution in [0.1, 0.15) is 12.0 Å². The van der Waals surface area contributed by atoms with Crippen LogP contribution in [0.5, 0.6) is 0 Å². The van der Waals surface area contributed by atoms with E-state index in [-0.39, 0.29) is 12.2 Å². The first-order valence-corrected chi connectivity index (χ1v) is 8.02. The number of aliphatic hydroxyl groups is 1. The minimum atomic E-state index is -0.305. The van der Waals surface area contributed by atoms with Gasteiger partial charge in [-0.25, -0.2) is 4.79 Å². The Kier molecular flexibility index (Phi) is 3.63. The SMILES string of the molecule is O=c1cc(CN2CCC(CO)C2)c2c(ccc3ccccc32)o1. The average Bonchev–Trinajstić information content (AvgIpc) is 3.02. The van der Waals surface area contributed by atoms with E-state index in [1.54, 1.807) is 6.07 Å². The third kappa shape index (κ3) is 2.64. The Morgan fingerprint density at radius 1 is 1.22 bits per heavy atom. The summed E-state index contributed by atoms with van der Waals surface area (Å²) in [4.78, 5) is 14.2. The molecule has 1 saturated heterocycles. The number of benzene rings is 2. The smallest absolute Gasteiger partial charge is 0.336 e. The Labute approximate surface area is 133 Å². The van der Waals surface area contributed by atoms with Crippen molar-refractivity contribution in [3.63, 3.8) is 0 Å². The van der Waals surface area contributed by atoms with Crippen LogP contribution < -0.4 is 5.63 Å². The van der Waals surface area contributed by atoms with E-state index in [2.05, 4.69) is 17.0 Å². The fraction of sp³-hybridized carbons (Fsp3) is 0.316. The quantitative estimate of drug-likeness (QED) is 0.597. The van der Waals surface area contributed by atoms with Crippen LogP contribution in [-0.2, 0) is 6.54 Å². The van der Waals surface area contributed by atoms with Crippen LogP contribution in [0, 0.1) is 5.92 Å². The lowest BCUT2D eigenvalue weighted by Gasteiger charge is -2.17. The Morgan fingerprint density at radius 2 is 2.09 bits per heavy atom. The van der Waals surface area contributed by atoms with E-state index in [9.17, 15) is 9.90 Å². The molecule has 4 rings (SSSR count). The molecule has 23 heavy (non-hydrogen) atoms. The zero-order valence-corrected chi connectivity index (χ0v) is 12.9. The highest BCUT2D eigenvalue weighted by Gasteiger charge is 2.22. The summed E-state index contributed by atoms with van der Waals surface area (Å²) in [5.74, 6) is 0.345. The molecule has 2 aromatic carbocycles. The molecule has 0 bridgehead atoms. The first kappa shape index (κ1) is 14.4. The summed E-state index contributed by atoms with van der Waals surface area (Å²) in [6.45, 7) is 2.78. The summed E-state index contributed by atoms with van der Waals surface area (Å²) in [5, 5.41) is 12.6. The van der Waals surface area contributed by atoms with Crippen molar-refractivity contribution in [3.05, 3.63) is 58.4 Å². The number of fused-ring (bicyclic) bond motifs is 3. The molecule has 0 amide bonds. The van der Waals surface area contributed by atoms with Crippen LogP contribution in [0.2, 0.25) is 0 Å². The van der Waals surface area contributed by atoms with Crippen LogP contribution in [0.4, 0.5) is 0 Å². The molecule has 1 aromatic heterocycles. The lowest BCUT2D eigenvalue weighted by atomic mass is 10.0. The fourth-order valence-corrected chi connectivity index (χ4v) is 3.59. The van der Waals surface area contributed by atoms with E-state index in [4.69, 9.17) is 4.42 Å². The minimum Gasteiger partial charge on any atom is -0.423 e. The fourth-order valence-electron chi connectivity index (χ4n) is 3.59. The molecular weight excluding hydrogens is 290 g/mol. The van der Waals surface area contributed by atoms with Crippen molar-refractivity contribution in [1.29, 1.82) is 0 Å². The third-order valence-electron chi connectivity index (χ3n) is 4.74. The van der Waals surface area contributed by atoms with Gasteiger partial charge in [0.05, 0.1) is 0 Å². The molecule has 1 atom stereocenters. The third-order valence-corrected chi connectivity index (χ3v) is 4.74. The van der Waals surface area contributed by atoms with Gasteiger partial charge in [0.1, 0.15) is 5.58 Å². The average molecular weight is 309 g/mol. The van der Waals surface area contributed by atoms with Crippen molar-refractivity contribution < 1.29 is 9.52 Å². The predicted molar refractivity (Wildman–Crippen MR) is 90.5 cm³/mol. The minimum absolute atomic E-state index is 0.233. The first-order chi connectivity index (χ1) is 11.2. The number of rotatable bonds is 3. The van der Waals surface area contributed by atoms with E-state index < -0.39 is 0 Å². The second-order valence-corrected chi connectivity index (χ2v) is 6.32. The number of hydrogen-bond donors (Lipinski definition) is 1. The van der Waals surface area contributed by atoms with E-state index in [0.717, 1.165) is 41.2 Å². The van der Waals surface area contributed by atoms with Crippen LogP contribution >= 0.6 is 0 Å². The topological polar surface area (TPSA) is 53.7 Å². The molecule has 1 N–H and O–H groups in total. The molecule has 1 aliphatic rings.